The molecule has 0 aliphatic carbocycles. The molecule has 1 fully saturated rings. The number of unbranched alkanes of at least 4 members (excludes halogenated alkanes) is 2. The standard InChI is InChI=1S/C42H53N11O11S/c1-2-3-4-9-33(55)50-28-14-10-26(11-15-28)36(57)27-12-16-29(17-13-27)51-34(56)19-18-32(54)46-21-5-6-22-62-38-37(58)31(23-63-65(60,61)52-41(59)30(44)8-7-20-43)64-42(38)53-25-49-35-39(45)47-24-48-40(35)53/h1,10-17,24-25,30-31,37-38,42,58H,3-9,18-23,43-44H2,(H,46,54)(H,50,55)(H,51,56)(H,52,59)(H2,45,47,48)/t30-,31+,37+,38+,42+/m0/s1. The van der Waals surface area contributed by atoms with E-state index in [1.54, 1.807) is 53.3 Å². The molecule has 0 unspecified atom stereocenters. The van der Waals surface area contributed by atoms with Crippen molar-refractivity contribution in [3.05, 3.63) is 72.3 Å². The highest BCUT2D eigenvalue weighted by Crippen LogP contribution is 2.34. The van der Waals surface area contributed by atoms with Gasteiger partial charge in [-0.25, -0.2) is 19.7 Å². The summed E-state index contributed by atoms with van der Waals surface area (Å²) in [5.74, 6) is 0.445. The highest BCUT2D eigenvalue weighted by Gasteiger charge is 2.47. The number of hydrogen-bond acceptors (Lipinski definition) is 17. The molecule has 0 bridgehead atoms. The minimum Gasteiger partial charge on any atom is -0.387 e. The number of ketones is 1. The average molecular weight is 920 g/mol. The zero-order valence-corrected chi connectivity index (χ0v) is 36.2. The van der Waals surface area contributed by atoms with E-state index < -0.39 is 59.3 Å². The number of fused-ring (bicyclic) bond motifs is 1. The van der Waals surface area contributed by atoms with Crippen LogP contribution in [0.3, 0.4) is 0 Å². The van der Waals surface area contributed by atoms with E-state index in [-0.39, 0.29) is 73.5 Å². The summed E-state index contributed by atoms with van der Waals surface area (Å²) in [5, 5.41) is 19.5. The fraction of sp³-hybridized carbons (Fsp3) is 0.429. The van der Waals surface area contributed by atoms with Gasteiger partial charge >= 0.3 is 10.3 Å². The zero-order valence-electron chi connectivity index (χ0n) is 35.4. The first-order valence-corrected chi connectivity index (χ1v) is 22.2. The highest BCUT2D eigenvalue weighted by atomic mass is 32.2. The van der Waals surface area contributed by atoms with E-state index >= 15 is 0 Å². The maximum absolute atomic E-state index is 13.0. The molecule has 1 saturated heterocycles. The number of nitrogens with two attached hydrogens (primary N) is 3. The number of amides is 4. The second kappa shape index (κ2) is 24.1. The van der Waals surface area contributed by atoms with Crippen molar-refractivity contribution in [2.45, 2.75) is 88.4 Å². The third kappa shape index (κ3) is 14.6. The number of nitrogens with one attached hydrogen (secondary N) is 4. The molecule has 2 aromatic heterocycles. The molecule has 65 heavy (non-hydrogen) atoms. The molecule has 0 spiro atoms. The van der Waals surface area contributed by atoms with Crippen LogP contribution >= 0.6 is 0 Å². The molecule has 3 heterocycles. The molecular weight excluding hydrogens is 867 g/mol. The first kappa shape index (κ1) is 49.6. The minimum atomic E-state index is -4.64. The molecule has 1 aliphatic heterocycles. The van der Waals surface area contributed by atoms with Crippen molar-refractivity contribution < 1.29 is 51.2 Å². The number of rotatable bonds is 25. The molecule has 348 valence electrons. The van der Waals surface area contributed by atoms with Gasteiger partial charge in [0, 0.05) is 61.3 Å². The lowest BCUT2D eigenvalue weighted by atomic mass is 10.0. The molecule has 4 aromatic rings. The summed E-state index contributed by atoms with van der Waals surface area (Å²) in [6.45, 7) is -0.0941. The Morgan fingerprint density at radius 1 is 0.892 bits per heavy atom. The number of anilines is 3. The normalized spacial score (nSPS) is 17.5. The van der Waals surface area contributed by atoms with Crippen molar-refractivity contribution in [1.82, 2.24) is 29.6 Å². The molecular formula is C42H53N11O11S. The van der Waals surface area contributed by atoms with Crippen molar-refractivity contribution >= 4 is 68.1 Å². The van der Waals surface area contributed by atoms with Crippen LogP contribution in [0.15, 0.2) is 61.2 Å². The average Bonchev–Trinajstić information content (AvgIpc) is 3.86. The van der Waals surface area contributed by atoms with Gasteiger partial charge in [-0.05, 0) is 87.2 Å². The van der Waals surface area contributed by atoms with Crippen molar-refractivity contribution in [1.29, 1.82) is 0 Å². The Kier molecular flexibility index (Phi) is 18.4. The van der Waals surface area contributed by atoms with Gasteiger partial charge in [-0.15, -0.1) is 12.3 Å². The van der Waals surface area contributed by atoms with Crippen molar-refractivity contribution in [3.8, 4) is 12.3 Å². The van der Waals surface area contributed by atoms with Crippen LogP contribution in [0.25, 0.3) is 11.2 Å². The number of carbonyl (C=O) groups is 5. The molecule has 22 nitrogen and oxygen atoms in total. The van der Waals surface area contributed by atoms with Gasteiger partial charge in [-0.3, -0.25) is 32.7 Å². The molecule has 5 rings (SSSR count). The summed E-state index contributed by atoms with van der Waals surface area (Å²) in [7, 11) is -4.64. The molecule has 2 aromatic carbocycles. The fourth-order valence-electron chi connectivity index (χ4n) is 6.53. The van der Waals surface area contributed by atoms with Crippen molar-refractivity contribution in [2.24, 2.45) is 11.5 Å². The van der Waals surface area contributed by atoms with Gasteiger partial charge in [0.1, 0.15) is 30.2 Å². The number of hydrogen-bond donors (Lipinski definition) is 8. The molecule has 11 N–H and O–H groups in total. The molecule has 4 amide bonds. The van der Waals surface area contributed by atoms with Crippen LogP contribution in [0.4, 0.5) is 17.2 Å². The number of nitrogen functional groups attached to an aromatic ring is 1. The van der Waals surface area contributed by atoms with Gasteiger partial charge in [0.05, 0.1) is 19.0 Å². The topological polar surface area (TPSA) is 337 Å². The number of terminal acetylenes is 1. The fourth-order valence-corrected chi connectivity index (χ4v) is 7.30. The zero-order chi connectivity index (χ0) is 46.9. The Morgan fingerprint density at radius 2 is 1.54 bits per heavy atom. The number of aliphatic hydroxyl groups excluding tert-OH is 1. The van der Waals surface area contributed by atoms with E-state index in [9.17, 15) is 37.5 Å². The van der Waals surface area contributed by atoms with Crippen LogP contribution in [0.2, 0.25) is 0 Å². The third-order valence-corrected chi connectivity index (χ3v) is 10.9. The Hall–Kier alpha value is -6.39. The van der Waals surface area contributed by atoms with Crippen molar-refractivity contribution in [2.75, 3.05) is 42.7 Å². The highest BCUT2D eigenvalue weighted by molar-refractivity contribution is 7.85. The van der Waals surface area contributed by atoms with Crippen LogP contribution in [0, 0.1) is 12.3 Å². The molecule has 1 aliphatic rings. The van der Waals surface area contributed by atoms with Gasteiger partial charge in [-0.2, -0.15) is 8.42 Å². The summed E-state index contributed by atoms with van der Waals surface area (Å²) in [5.41, 5.74) is 19.4. The predicted molar refractivity (Wildman–Crippen MR) is 236 cm³/mol. The van der Waals surface area contributed by atoms with Gasteiger partial charge in [0.15, 0.2) is 23.5 Å². The van der Waals surface area contributed by atoms with Gasteiger partial charge in [-0.1, -0.05) is 0 Å². The van der Waals surface area contributed by atoms with Crippen LogP contribution in [0.1, 0.15) is 79.9 Å². The van der Waals surface area contributed by atoms with Crippen LogP contribution < -0.4 is 37.9 Å². The van der Waals surface area contributed by atoms with E-state index in [1.165, 1.54) is 17.2 Å². The quantitative estimate of drug-likeness (QED) is 0.0259. The number of nitrogens with zero attached hydrogens (tertiary/aromatic N) is 4. The summed E-state index contributed by atoms with van der Waals surface area (Å²) >= 11 is 0. The first-order chi connectivity index (χ1) is 31.2. The number of benzene rings is 2. The van der Waals surface area contributed by atoms with E-state index in [0.717, 1.165) is 0 Å². The SMILES string of the molecule is C#CCCCC(=O)Nc1ccc(C(=O)c2ccc(NC(=O)CCC(=O)NCCCCO[C@@H]3[C@H](O)[C@@H](COS(=O)(=O)NC(=O)[C@@H](N)CCCN)O[C@H]3n3cnc4c(N)ncnc43)cc2)cc1. The Balaban J connectivity index is 1.03. The lowest BCUT2D eigenvalue weighted by Gasteiger charge is -2.22. The summed E-state index contributed by atoms with van der Waals surface area (Å²) in [4.78, 5) is 74.8. The lowest BCUT2D eigenvalue weighted by molar-refractivity contribution is -0.124. The minimum absolute atomic E-state index is 0.0789. The first-order valence-electron chi connectivity index (χ1n) is 20.8. The third-order valence-electron chi connectivity index (χ3n) is 10.0. The molecule has 5 atom stereocenters. The van der Waals surface area contributed by atoms with Crippen LogP contribution in [-0.4, -0.2) is 113 Å². The number of aromatic nitrogens is 4. The van der Waals surface area contributed by atoms with E-state index in [0.29, 0.717) is 61.0 Å². The second-order valence-corrected chi connectivity index (χ2v) is 16.3. The monoisotopic (exact) mass is 919 g/mol. The summed E-state index contributed by atoms with van der Waals surface area (Å²) in [6.07, 6.45) is 5.61. The van der Waals surface area contributed by atoms with Gasteiger partial charge in [0.2, 0.25) is 17.7 Å². The van der Waals surface area contributed by atoms with Crippen LogP contribution in [-0.2, 0) is 43.1 Å². The number of carbonyl (C=O) groups excluding carboxylic acids is 5. The summed E-state index contributed by atoms with van der Waals surface area (Å²) < 4.78 is 45.3. The van der Waals surface area contributed by atoms with Crippen molar-refractivity contribution in [3.63, 3.8) is 0 Å². The van der Waals surface area contributed by atoms with Crippen LogP contribution in [0.5, 0.6) is 0 Å². The smallest absolute Gasteiger partial charge is 0.362 e. The van der Waals surface area contributed by atoms with E-state index in [4.69, 9.17) is 37.3 Å². The molecule has 0 radical (unpaired) electrons. The number of ether oxygens (including phenoxy) is 2. The largest absolute Gasteiger partial charge is 0.387 e. The van der Waals surface area contributed by atoms with E-state index in [1.807, 2.05) is 0 Å². The predicted octanol–water partition coefficient (Wildman–Crippen LogP) is 0.784. The van der Waals surface area contributed by atoms with E-state index in [2.05, 4.69) is 36.8 Å². The maximum Gasteiger partial charge on any atom is 0.362 e. The Bertz CT molecular complexity index is 2430. The summed E-state index contributed by atoms with van der Waals surface area (Å²) in [6, 6.07) is 11.7. The second-order valence-electron chi connectivity index (χ2n) is 14.9. The maximum atomic E-state index is 13.0. The molecule has 23 heteroatoms. The molecule has 0 saturated carbocycles. The van der Waals surface area contributed by atoms with Gasteiger partial charge in [0.25, 0.3) is 5.91 Å². The lowest BCUT2D eigenvalue weighted by Crippen LogP contribution is -2.45. The Morgan fingerprint density at radius 3 is 2.18 bits per heavy atom. The number of imidazole rings is 1. The van der Waals surface area contributed by atoms with Gasteiger partial charge < -0.3 is 47.7 Å². The number of aliphatic hydroxyl groups is 1. The Labute approximate surface area is 375 Å².